The Bertz CT molecular complexity index is 657. The summed E-state index contributed by atoms with van der Waals surface area (Å²) in [6, 6.07) is 4.70. The maximum absolute atomic E-state index is 5.72. The van der Waals surface area contributed by atoms with E-state index in [9.17, 15) is 0 Å². The molecule has 1 aliphatic rings. The Kier molecular flexibility index (Phi) is 8.75. The molecule has 0 spiro atoms. The van der Waals surface area contributed by atoms with Crippen molar-refractivity contribution in [3.63, 3.8) is 0 Å². The molecule has 0 fully saturated rings. The number of unbranched alkanes of at least 4 members (excludes halogenated alkanes) is 1. The van der Waals surface area contributed by atoms with Gasteiger partial charge in [-0.25, -0.2) is 4.98 Å². The van der Waals surface area contributed by atoms with Gasteiger partial charge in [0.05, 0.1) is 18.3 Å². The number of fused-ring (bicyclic) bond motifs is 1. The molecule has 0 saturated heterocycles. The van der Waals surface area contributed by atoms with Crippen molar-refractivity contribution in [2.75, 3.05) is 13.1 Å². The number of nitrogens with two attached hydrogens (primary N) is 1. The summed E-state index contributed by atoms with van der Waals surface area (Å²) in [5.41, 5.74) is 8.41. The summed E-state index contributed by atoms with van der Waals surface area (Å²) in [7, 11) is 0. The van der Waals surface area contributed by atoms with E-state index in [0.717, 1.165) is 57.7 Å². The largest absolute Gasteiger partial charge is 0.334 e. The molecular weight excluding hydrogens is 390 g/mol. The molecule has 3 rings (SSSR count). The minimum Gasteiger partial charge on any atom is -0.334 e. The average Bonchev–Trinajstić information content (AvgIpc) is 3.08. The highest BCUT2D eigenvalue weighted by Gasteiger charge is 2.27. The molecule has 0 bridgehead atoms. The number of aromatic nitrogens is 3. The van der Waals surface area contributed by atoms with E-state index in [4.69, 9.17) is 10.7 Å². The molecule has 1 aliphatic carbocycles. The van der Waals surface area contributed by atoms with Crippen LogP contribution < -0.4 is 5.73 Å². The summed E-state index contributed by atoms with van der Waals surface area (Å²) < 4.78 is 2.29. The Labute approximate surface area is 167 Å². The second-order valence-corrected chi connectivity index (χ2v) is 6.96. The van der Waals surface area contributed by atoms with E-state index in [1.165, 1.54) is 24.1 Å². The molecule has 0 aliphatic heterocycles. The Hall–Kier alpha value is -1.24. The average molecular weight is 422 g/mol. The molecule has 2 aromatic rings. The van der Waals surface area contributed by atoms with Crippen LogP contribution in [0.25, 0.3) is 0 Å². The highest BCUT2D eigenvalue weighted by molar-refractivity contribution is 8.93. The number of hydrogen-bond acceptors (Lipinski definition) is 4. The fourth-order valence-corrected chi connectivity index (χ4v) is 3.86. The predicted octanol–water partition coefficient (Wildman–Crippen LogP) is 3.88. The first-order chi connectivity index (χ1) is 12.3. The zero-order valence-electron chi connectivity index (χ0n) is 15.8. The lowest BCUT2D eigenvalue weighted by Gasteiger charge is -2.35. The molecule has 0 saturated carbocycles. The number of halogens is 1. The van der Waals surface area contributed by atoms with Crippen LogP contribution in [0, 0.1) is 0 Å². The van der Waals surface area contributed by atoms with Crippen molar-refractivity contribution in [1.82, 2.24) is 19.4 Å². The van der Waals surface area contributed by atoms with Gasteiger partial charge in [0, 0.05) is 25.1 Å². The van der Waals surface area contributed by atoms with Crippen LogP contribution in [0.3, 0.4) is 0 Å². The summed E-state index contributed by atoms with van der Waals surface area (Å²) in [5.74, 6) is 1.16. The maximum Gasteiger partial charge on any atom is 0.122 e. The van der Waals surface area contributed by atoms with Crippen LogP contribution in [0.1, 0.15) is 62.2 Å². The van der Waals surface area contributed by atoms with Crippen molar-refractivity contribution in [3.05, 3.63) is 47.8 Å². The van der Waals surface area contributed by atoms with E-state index in [2.05, 4.69) is 39.7 Å². The lowest BCUT2D eigenvalue weighted by Crippen LogP contribution is -2.33. The lowest BCUT2D eigenvalue weighted by atomic mass is 9.90. The van der Waals surface area contributed by atoms with Crippen LogP contribution in [-0.2, 0) is 19.5 Å². The highest BCUT2D eigenvalue weighted by Crippen LogP contribution is 2.33. The van der Waals surface area contributed by atoms with Crippen molar-refractivity contribution < 1.29 is 0 Å². The van der Waals surface area contributed by atoms with Gasteiger partial charge in [-0.3, -0.25) is 9.88 Å². The fraction of sp³-hybridized carbons (Fsp3) is 0.600. The molecule has 0 aromatic carbocycles. The van der Waals surface area contributed by atoms with Crippen LogP contribution >= 0.6 is 17.0 Å². The third-order valence-electron chi connectivity index (χ3n) is 5.12. The van der Waals surface area contributed by atoms with Gasteiger partial charge >= 0.3 is 0 Å². The molecule has 0 radical (unpaired) electrons. The van der Waals surface area contributed by atoms with Gasteiger partial charge in [0.25, 0.3) is 0 Å². The molecular formula is C20H32BrN5. The maximum atomic E-state index is 5.72. The Morgan fingerprint density at radius 2 is 2.15 bits per heavy atom. The molecule has 1 atom stereocenters. The molecule has 2 heterocycles. The zero-order chi connectivity index (χ0) is 17.5. The summed E-state index contributed by atoms with van der Waals surface area (Å²) in [6.07, 6.45) is 12.9. The minimum absolute atomic E-state index is 0. The van der Waals surface area contributed by atoms with Gasteiger partial charge in [-0.15, -0.1) is 17.0 Å². The van der Waals surface area contributed by atoms with Crippen molar-refractivity contribution in [3.8, 4) is 0 Å². The number of rotatable bonds is 9. The topological polar surface area (TPSA) is 60.0 Å². The Morgan fingerprint density at radius 3 is 2.96 bits per heavy atom. The van der Waals surface area contributed by atoms with Crippen LogP contribution in [0.5, 0.6) is 0 Å². The van der Waals surface area contributed by atoms with Crippen LogP contribution in [0.4, 0.5) is 0 Å². The van der Waals surface area contributed by atoms with E-state index >= 15 is 0 Å². The third kappa shape index (κ3) is 5.15. The van der Waals surface area contributed by atoms with Gasteiger partial charge in [0.2, 0.25) is 0 Å². The molecule has 2 N–H and O–H groups in total. The molecule has 5 nitrogen and oxygen atoms in total. The Morgan fingerprint density at radius 1 is 1.27 bits per heavy atom. The molecule has 26 heavy (non-hydrogen) atoms. The van der Waals surface area contributed by atoms with Crippen molar-refractivity contribution in [1.29, 1.82) is 0 Å². The zero-order valence-corrected chi connectivity index (χ0v) is 17.5. The van der Waals surface area contributed by atoms with Crippen LogP contribution in [-0.4, -0.2) is 32.5 Å². The van der Waals surface area contributed by atoms with Crippen LogP contribution in [0.15, 0.2) is 30.7 Å². The van der Waals surface area contributed by atoms with E-state index in [-0.39, 0.29) is 17.0 Å². The van der Waals surface area contributed by atoms with Crippen molar-refractivity contribution in [2.45, 2.75) is 64.6 Å². The number of nitrogens with zero attached hydrogens (tertiary/aromatic N) is 4. The smallest absolute Gasteiger partial charge is 0.122 e. The second kappa shape index (κ2) is 10.8. The van der Waals surface area contributed by atoms with Gasteiger partial charge in [0.1, 0.15) is 5.82 Å². The van der Waals surface area contributed by atoms with Crippen LogP contribution in [0.2, 0.25) is 0 Å². The van der Waals surface area contributed by atoms with E-state index in [1.807, 2.05) is 12.4 Å². The van der Waals surface area contributed by atoms with E-state index in [1.54, 1.807) is 0 Å². The van der Waals surface area contributed by atoms with Gasteiger partial charge in [0.15, 0.2) is 0 Å². The predicted molar refractivity (Wildman–Crippen MR) is 111 cm³/mol. The lowest BCUT2D eigenvalue weighted by molar-refractivity contribution is 0.157. The van der Waals surface area contributed by atoms with Gasteiger partial charge in [-0.05, 0) is 63.2 Å². The minimum atomic E-state index is 0. The SMILES string of the molecule is Br.CCCn1ccnc1CN(CCCCN)C1CCCc2cccnc21. The summed E-state index contributed by atoms with van der Waals surface area (Å²) in [5, 5.41) is 0. The molecule has 2 aromatic heterocycles. The highest BCUT2D eigenvalue weighted by atomic mass is 79.9. The number of hydrogen-bond donors (Lipinski definition) is 1. The quantitative estimate of drug-likeness (QED) is 0.623. The molecule has 6 heteroatoms. The summed E-state index contributed by atoms with van der Waals surface area (Å²) in [4.78, 5) is 12.0. The normalized spacial score (nSPS) is 16.3. The fourth-order valence-electron chi connectivity index (χ4n) is 3.86. The monoisotopic (exact) mass is 421 g/mol. The second-order valence-electron chi connectivity index (χ2n) is 6.96. The van der Waals surface area contributed by atoms with Crippen molar-refractivity contribution in [2.24, 2.45) is 5.73 Å². The van der Waals surface area contributed by atoms with Gasteiger partial charge < -0.3 is 10.3 Å². The van der Waals surface area contributed by atoms with Gasteiger partial charge in [-0.1, -0.05) is 13.0 Å². The first-order valence-electron chi connectivity index (χ1n) is 9.71. The Balaban J connectivity index is 0.00000243. The first kappa shape index (κ1) is 21.1. The number of pyridine rings is 1. The summed E-state index contributed by atoms with van der Waals surface area (Å²) >= 11 is 0. The number of aryl methyl sites for hydroxylation is 2. The molecule has 144 valence electrons. The standard InChI is InChI=1S/C20H31N5.BrH/c1-2-13-24-15-12-22-19(24)16-25(14-4-3-10-21)18-9-5-7-17-8-6-11-23-20(17)18;/h6,8,11-12,15,18H,2-5,7,9-10,13-14,16,21H2,1H3;1H. The van der Waals surface area contributed by atoms with E-state index < -0.39 is 0 Å². The molecule has 0 amide bonds. The van der Waals surface area contributed by atoms with E-state index in [0.29, 0.717) is 6.04 Å². The van der Waals surface area contributed by atoms with Crippen molar-refractivity contribution >= 4 is 17.0 Å². The third-order valence-corrected chi connectivity index (χ3v) is 5.12. The number of imidazole rings is 1. The summed E-state index contributed by atoms with van der Waals surface area (Å²) in [6.45, 7) is 5.95. The van der Waals surface area contributed by atoms with Gasteiger partial charge in [-0.2, -0.15) is 0 Å². The first-order valence-corrected chi connectivity index (χ1v) is 9.71. The molecule has 1 unspecified atom stereocenters.